The number of benzene rings is 2. The summed E-state index contributed by atoms with van der Waals surface area (Å²) in [4.78, 5) is 5.97. The normalized spacial score (nSPS) is 15.8. The number of nitrogens with zero attached hydrogens (tertiary/aromatic N) is 2. The lowest BCUT2D eigenvalue weighted by Crippen LogP contribution is -2.43. The molecule has 1 N–H and O–H groups in total. The molecule has 0 radical (unpaired) electrons. The van der Waals surface area contributed by atoms with E-state index in [4.69, 9.17) is 12.2 Å². The number of aromatic hydroxyl groups is 1. The summed E-state index contributed by atoms with van der Waals surface area (Å²) in [5.41, 5.74) is 5.64. The van der Waals surface area contributed by atoms with Gasteiger partial charge >= 0.3 is 0 Å². The maximum absolute atomic E-state index is 10.4. The van der Waals surface area contributed by atoms with E-state index in [0.717, 1.165) is 53.2 Å². The number of hydrogen-bond donors (Lipinski definition) is 1. The van der Waals surface area contributed by atoms with Crippen molar-refractivity contribution in [3.8, 4) is 27.3 Å². The highest BCUT2D eigenvalue weighted by atomic mass is 32.9. The average Bonchev–Trinajstić information content (AvgIpc) is 3.07. The maximum Gasteiger partial charge on any atom is 0.120 e. The third-order valence-electron chi connectivity index (χ3n) is 5.30. The SMILES string of the molecule is Cc1ccc(-c2ssc(=S)c2-c2ccc(O)c(CN3CCN(C)CC3)c2)cc1. The first-order valence-electron chi connectivity index (χ1n) is 9.44. The van der Waals surface area contributed by atoms with Crippen molar-refractivity contribution in [3.05, 3.63) is 57.4 Å². The quantitative estimate of drug-likeness (QED) is 0.430. The Kier molecular flexibility index (Phi) is 5.94. The molecule has 0 unspecified atom stereocenters. The molecule has 3 nitrogen and oxygen atoms in total. The van der Waals surface area contributed by atoms with Gasteiger partial charge in [-0.1, -0.05) is 68.8 Å². The molecule has 1 fully saturated rings. The maximum atomic E-state index is 10.4. The molecular weight excluding hydrogens is 404 g/mol. The molecule has 1 aliphatic heterocycles. The molecular formula is C22H24N2OS3. The number of phenolic OH excluding ortho intramolecular Hbond substituents is 1. The Morgan fingerprint density at radius 3 is 2.36 bits per heavy atom. The van der Waals surface area contributed by atoms with Crippen LogP contribution in [0.1, 0.15) is 11.1 Å². The predicted molar refractivity (Wildman–Crippen MR) is 123 cm³/mol. The minimum Gasteiger partial charge on any atom is -0.508 e. The van der Waals surface area contributed by atoms with E-state index in [0.29, 0.717) is 5.75 Å². The van der Waals surface area contributed by atoms with E-state index in [-0.39, 0.29) is 0 Å². The van der Waals surface area contributed by atoms with Crippen LogP contribution in [0.2, 0.25) is 0 Å². The Balaban J connectivity index is 1.68. The summed E-state index contributed by atoms with van der Waals surface area (Å²) in [6.45, 7) is 7.07. The van der Waals surface area contributed by atoms with Gasteiger partial charge < -0.3 is 10.0 Å². The van der Waals surface area contributed by atoms with Crippen LogP contribution in [0.4, 0.5) is 0 Å². The van der Waals surface area contributed by atoms with Crippen LogP contribution < -0.4 is 0 Å². The fourth-order valence-electron chi connectivity index (χ4n) is 3.52. The van der Waals surface area contributed by atoms with Crippen molar-refractivity contribution in [1.82, 2.24) is 9.80 Å². The van der Waals surface area contributed by atoms with Crippen LogP contribution in [-0.4, -0.2) is 48.1 Å². The fourth-order valence-corrected chi connectivity index (χ4v) is 6.44. The molecule has 0 saturated carbocycles. The number of phenols is 1. The van der Waals surface area contributed by atoms with E-state index in [1.807, 2.05) is 12.1 Å². The van der Waals surface area contributed by atoms with Crippen LogP contribution in [0, 0.1) is 10.7 Å². The third kappa shape index (κ3) is 4.21. The lowest BCUT2D eigenvalue weighted by Gasteiger charge is -2.32. The summed E-state index contributed by atoms with van der Waals surface area (Å²) < 4.78 is 0.914. The number of piperazine rings is 1. The zero-order chi connectivity index (χ0) is 19.7. The van der Waals surface area contributed by atoms with Crippen LogP contribution in [0.5, 0.6) is 5.75 Å². The first kappa shape index (κ1) is 19.7. The van der Waals surface area contributed by atoms with Gasteiger partial charge in [-0.2, -0.15) is 0 Å². The van der Waals surface area contributed by atoms with Crippen molar-refractivity contribution in [2.24, 2.45) is 0 Å². The number of rotatable bonds is 4. The minimum atomic E-state index is 0.365. The monoisotopic (exact) mass is 428 g/mol. The molecule has 1 saturated heterocycles. The first-order valence-corrected chi connectivity index (χ1v) is 12.0. The van der Waals surface area contributed by atoms with Gasteiger partial charge in [-0.15, -0.1) is 0 Å². The lowest BCUT2D eigenvalue weighted by molar-refractivity contribution is 0.147. The van der Waals surface area contributed by atoms with Crippen LogP contribution in [-0.2, 0) is 6.54 Å². The second kappa shape index (κ2) is 8.43. The van der Waals surface area contributed by atoms with Gasteiger partial charge in [0.25, 0.3) is 0 Å². The topological polar surface area (TPSA) is 26.7 Å². The van der Waals surface area contributed by atoms with E-state index in [1.165, 1.54) is 16.0 Å². The molecule has 146 valence electrons. The lowest BCUT2D eigenvalue weighted by atomic mass is 10.0. The third-order valence-corrected chi connectivity index (χ3v) is 8.37. The summed E-state index contributed by atoms with van der Waals surface area (Å²) in [5.74, 6) is 0.365. The Bertz CT molecular complexity index is 1020. The Morgan fingerprint density at radius 1 is 0.964 bits per heavy atom. The Labute approximate surface area is 178 Å². The van der Waals surface area contributed by atoms with E-state index < -0.39 is 0 Å². The van der Waals surface area contributed by atoms with Gasteiger partial charge in [0.15, 0.2) is 0 Å². The molecule has 0 aliphatic carbocycles. The molecule has 1 aromatic heterocycles. The number of aryl methyl sites for hydroxylation is 1. The minimum absolute atomic E-state index is 0.365. The number of hydrogen-bond acceptors (Lipinski definition) is 6. The summed E-state index contributed by atoms with van der Waals surface area (Å²) in [7, 11) is 5.54. The van der Waals surface area contributed by atoms with E-state index >= 15 is 0 Å². The van der Waals surface area contributed by atoms with Crippen molar-refractivity contribution >= 4 is 32.9 Å². The van der Waals surface area contributed by atoms with Gasteiger partial charge in [0.1, 0.15) is 9.57 Å². The predicted octanol–water partition coefficient (Wildman–Crippen LogP) is 5.63. The van der Waals surface area contributed by atoms with Gasteiger partial charge in [-0.05, 0) is 37.2 Å². The second-order valence-electron chi connectivity index (χ2n) is 7.45. The highest BCUT2D eigenvalue weighted by Gasteiger charge is 2.18. The van der Waals surface area contributed by atoms with Gasteiger partial charge in [-0.3, -0.25) is 4.90 Å². The van der Waals surface area contributed by atoms with Crippen LogP contribution in [0.3, 0.4) is 0 Å². The highest BCUT2D eigenvalue weighted by molar-refractivity contribution is 7.80. The number of likely N-dealkylation sites (N-methyl/N-ethyl adjacent to an activating group) is 1. The van der Waals surface area contributed by atoms with Crippen molar-refractivity contribution in [3.63, 3.8) is 0 Å². The summed E-state index contributed by atoms with van der Waals surface area (Å²) in [6.07, 6.45) is 0. The van der Waals surface area contributed by atoms with Crippen molar-refractivity contribution in [2.45, 2.75) is 13.5 Å². The average molecular weight is 429 g/mol. The van der Waals surface area contributed by atoms with Crippen molar-refractivity contribution in [2.75, 3.05) is 33.2 Å². The summed E-state index contributed by atoms with van der Waals surface area (Å²) in [5, 5.41) is 10.4. The standard InChI is InChI=1S/C22H24N2OS3/c1-15-3-5-16(6-4-15)21-20(22(26)28-27-21)17-7-8-19(25)18(13-17)14-24-11-9-23(2)10-12-24/h3-8,13,25H,9-12,14H2,1-2H3. The van der Waals surface area contributed by atoms with Gasteiger partial charge in [-0.25, -0.2) is 0 Å². The molecule has 28 heavy (non-hydrogen) atoms. The zero-order valence-electron chi connectivity index (χ0n) is 16.1. The largest absolute Gasteiger partial charge is 0.508 e. The molecule has 0 amide bonds. The van der Waals surface area contributed by atoms with Crippen LogP contribution in [0.15, 0.2) is 42.5 Å². The molecule has 2 aromatic carbocycles. The van der Waals surface area contributed by atoms with Gasteiger partial charge in [0.05, 0.1) is 4.88 Å². The summed E-state index contributed by atoms with van der Waals surface area (Å²) in [6, 6.07) is 14.5. The zero-order valence-corrected chi connectivity index (χ0v) is 18.6. The Hall–Kier alpha value is -1.57. The molecule has 1 aliphatic rings. The second-order valence-corrected chi connectivity index (χ2v) is 10.3. The van der Waals surface area contributed by atoms with Crippen molar-refractivity contribution < 1.29 is 5.11 Å². The first-order chi connectivity index (χ1) is 13.5. The Morgan fingerprint density at radius 2 is 1.64 bits per heavy atom. The molecule has 0 atom stereocenters. The van der Waals surface area contributed by atoms with Gasteiger partial charge in [0, 0.05) is 43.9 Å². The van der Waals surface area contributed by atoms with E-state index in [1.54, 1.807) is 20.7 Å². The van der Waals surface area contributed by atoms with Crippen LogP contribution in [0.25, 0.3) is 21.6 Å². The van der Waals surface area contributed by atoms with Crippen LogP contribution >= 0.6 is 32.9 Å². The van der Waals surface area contributed by atoms with Crippen molar-refractivity contribution in [1.29, 1.82) is 0 Å². The smallest absolute Gasteiger partial charge is 0.120 e. The molecule has 0 spiro atoms. The fraction of sp³-hybridized carbons (Fsp3) is 0.318. The molecule has 0 bridgehead atoms. The summed E-state index contributed by atoms with van der Waals surface area (Å²) >= 11 is 5.68. The molecule has 2 heterocycles. The molecule has 4 rings (SSSR count). The van der Waals surface area contributed by atoms with E-state index in [9.17, 15) is 5.11 Å². The highest BCUT2D eigenvalue weighted by Crippen LogP contribution is 2.42. The molecule has 6 heteroatoms. The van der Waals surface area contributed by atoms with Gasteiger partial charge in [0.2, 0.25) is 0 Å². The molecule has 3 aromatic rings. The van der Waals surface area contributed by atoms with E-state index in [2.05, 4.69) is 54.1 Å².